The van der Waals surface area contributed by atoms with Gasteiger partial charge in [-0.25, -0.2) is 0 Å². The van der Waals surface area contributed by atoms with Gasteiger partial charge in [0.2, 0.25) is 5.91 Å². The molecule has 174 valence electrons. The summed E-state index contributed by atoms with van der Waals surface area (Å²) >= 11 is 11.9. The molecule has 3 amide bonds. The van der Waals surface area contributed by atoms with Crippen molar-refractivity contribution >= 4 is 46.6 Å². The van der Waals surface area contributed by atoms with Gasteiger partial charge >= 0.3 is 0 Å². The van der Waals surface area contributed by atoms with E-state index in [1.54, 1.807) is 30.3 Å². The van der Waals surface area contributed by atoms with Crippen LogP contribution >= 0.6 is 23.2 Å². The van der Waals surface area contributed by atoms with Gasteiger partial charge in [-0.15, -0.1) is 0 Å². The van der Waals surface area contributed by atoms with E-state index in [0.29, 0.717) is 33.3 Å². The molecule has 0 saturated heterocycles. The molecule has 0 aromatic heterocycles. The highest BCUT2D eigenvalue weighted by Gasteiger charge is 2.28. The van der Waals surface area contributed by atoms with Crippen molar-refractivity contribution in [1.82, 2.24) is 10.6 Å². The van der Waals surface area contributed by atoms with Crippen molar-refractivity contribution in [3.63, 3.8) is 0 Å². The fourth-order valence-electron chi connectivity index (χ4n) is 3.42. The Morgan fingerprint density at radius 1 is 0.824 bits per heavy atom. The first-order valence-electron chi connectivity index (χ1n) is 10.9. The van der Waals surface area contributed by atoms with E-state index < -0.39 is 6.04 Å². The maximum absolute atomic E-state index is 12.9. The molecular formula is C26H23Cl2N3O3. The van der Waals surface area contributed by atoms with Gasteiger partial charge < -0.3 is 16.0 Å². The molecule has 0 heterocycles. The maximum atomic E-state index is 12.9. The average molecular weight is 496 g/mol. The van der Waals surface area contributed by atoms with Crippen LogP contribution in [0.5, 0.6) is 0 Å². The molecule has 34 heavy (non-hydrogen) atoms. The summed E-state index contributed by atoms with van der Waals surface area (Å²) in [5.74, 6) is -0.934. The normalized spacial score (nSPS) is 13.6. The highest BCUT2D eigenvalue weighted by Crippen LogP contribution is 2.21. The Balaban J connectivity index is 1.41. The summed E-state index contributed by atoms with van der Waals surface area (Å²) in [5, 5.41) is 9.28. The standard InChI is InChI=1S/C26H23Cl2N3O3/c27-19-13-18(14-20(28)15-19)25(33)29-21-8-6-17(7-9-21)24(32)31-23(26(34)30-22-10-11-22)12-16-4-2-1-3-5-16/h1-9,13-15,22-23H,10-12H2,(H,29,33)(H,30,34)(H,31,32). The van der Waals surface area contributed by atoms with Crippen LogP contribution in [-0.4, -0.2) is 29.8 Å². The quantitative estimate of drug-likeness (QED) is 0.416. The minimum atomic E-state index is -0.692. The molecule has 0 bridgehead atoms. The number of hydrogen-bond acceptors (Lipinski definition) is 3. The Morgan fingerprint density at radius 2 is 1.47 bits per heavy atom. The van der Waals surface area contributed by atoms with E-state index in [0.717, 1.165) is 18.4 Å². The van der Waals surface area contributed by atoms with Crippen LogP contribution in [0.15, 0.2) is 72.8 Å². The van der Waals surface area contributed by atoms with E-state index >= 15 is 0 Å². The summed E-state index contributed by atoms with van der Waals surface area (Å²) in [6.07, 6.45) is 2.32. The topological polar surface area (TPSA) is 87.3 Å². The number of halogens is 2. The van der Waals surface area contributed by atoms with Crippen LogP contribution in [0.4, 0.5) is 5.69 Å². The van der Waals surface area contributed by atoms with E-state index in [1.165, 1.54) is 12.1 Å². The highest BCUT2D eigenvalue weighted by atomic mass is 35.5. The fourth-order valence-corrected chi connectivity index (χ4v) is 3.95. The monoisotopic (exact) mass is 495 g/mol. The number of rotatable bonds is 8. The van der Waals surface area contributed by atoms with Crippen LogP contribution in [0, 0.1) is 0 Å². The minimum absolute atomic E-state index is 0.191. The molecule has 1 unspecified atom stereocenters. The summed E-state index contributed by atoms with van der Waals surface area (Å²) in [7, 11) is 0. The zero-order valence-electron chi connectivity index (χ0n) is 18.2. The number of amides is 3. The predicted molar refractivity (Wildman–Crippen MR) is 133 cm³/mol. The molecule has 1 atom stereocenters. The molecule has 0 aliphatic heterocycles. The SMILES string of the molecule is O=C(Nc1ccc(C(=O)NC(Cc2ccccc2)C(=O)NC2CC2)cc1)c1cc(Cl)cc(Cl)c1. The van der Waals surface area contributed by atoms with Crippen LogP contribution in [-0.2, 0) is 11.2 Å². The van der Waals surface area contributed by atoms with Crippen molar-refractivity contribution < 1.29 is 14.4 Å². The van der Waals surface area contributed by atoms with Gasteiger partial charge in [0.25, 0.3) is 11.8 Å². The Kier molecular flexibility index (Phi) is 7.50. The van der Waals surface area contributed by atoms with Gasteiger partial charge in [-0.3, -0.25) is 14.4 Å². The predicted octanol–water partition coefficient (Wildman–Crippen LogP) is 4.87. The third kappa shape index (κ3) is 6.59. The largest absolute Gasteiger partial charge is 0.352 e. The Labute approximate surface area is 207 Å². The molecule has 0 spiro atoms. The van der Waals surface area contributed by atoms with Crippen LogP contribution < -0.4 is 16.0 Å². The smallest absolute Gasteiger partial charge is 0.255 e. The third-order valence-corrected chi connectivity index (χ3v) is 5.79. The van der Waals surface area contributed by atoms with E-state index in [1.807, 2.05) is 30.3 Å². The number of anilines is 1. The van der Waals surface area contributed by atoms with Crippen molar-refractivity contribution in [2.75, 3.05) is 5.32 Å². The number of benzene rings is 3. The molecule has 3 aromatic carbocycles. The summed E-state index contributed by atoms with van der Waals surface area (Å²) in [4.78, 5) is 38.1. The minimum Gasteiger partial charge on any atom is -0.352 e. The first-order chi connectivity index (χ1) is 16.4. The van der Waals surface area contributed by atoms with Gasteiger partial charge in [-0.2, -0.15) is 0 Å². The van der Waals surface area contributed by atoms with Crippen LogP contribution in [0.3, 0.4) is 0 Å². The Morgan fingerprint density at radius 3 is 2.09 bits per heavy atom. The molecule has 1 aliphatic rings. The molecule has 6 nitrogen and oxygen atoms in total. The highest BCUT2D eigenvalue weighted by molar-refractivity contribution is 6.35. The van der Waals surface area contributed by atoms with Gasteiger partial charge in [0.1, 0.15) is 6.04 Å². The van der Waals surface area contributed by atoms with E-state index in [2.05, 4.69) is 16.0 Å². The second-order valence-electron chi connectivity index (χ2n) is 8.19. The van der Waals surface area contributed by atoms with Gasteiger partial charge in [-0.1, -0.05) is 53.5 Å². The van der Waals surface area contributed by atoms with Crippen molar-refractivity contribution in [3.05, 3.63) is 99.5 Å². The number of hydrogen-bond donors (Lipinski definition) is 3. The lowest BCUT2D eigenvalue weighted by molar-refractivity contribution is -0.123. The second-order valence-corrected chi connectivity index (χ2v) is 9.06. The molecule has 3 N–H and O–H groups in total. The molecule has 8 heteroatoms. The second kappa shape index (κ2) is 10.7. The lowest BCUT2D eigenvalue weighted by Crippen LogP contribution is -2.48. The van der Waals surface area contributed by atoms with Gasteiger partial charge in [0.05, 0.1) is 0 Å². The zero-order valence-corrected chi connectivity index (χ0v) is 19.7. The molecular weight excluding hydrogens is 473 g/mol. The average Bonchev–Trinajstić information content (AvgIpc) is 3.63. The lowest BCUT2D eigenvalue weighted by atomic mass is 10.0. The molecule has 1 fully saturated rings. The summed E-state index contributed by atoms with van der Waals surface area (Å²) < 4.78 is 0. The van der Waals surface area contributed by atoms with Crippen molar-refractivity contribution in [2.24, 2.45) is 0 Å². The van der Waals surface area contributed by atoms with Crippen molar-refractivity contribution in [3.8, 4) is 0 Å². The molecule has 3 aromatic rings. The van der Waals surface area contributed by atoms with E-state index in [9.17, 15) is 14.4 Å². The maximum Gasteiger partial charge on any atom is 0.255 e. The molecule has 0 radical (unpaired) electrons. The summed E-state index contributed by atoms with van der Waals surface area (Å²) in [5.41, 5.74) is 2.16. The van der Waals surface area contributed by atoms with Crippen LogP contribution in [0.25, 0.3) is 0 Å². The Bertz CT molecular complexity index is 1180. The molecule has 4 rings (SSSR count). The molecule has 1 aliphatic carbocycles. The zero-order chi connectivity index (χ0) is 24.1. The summed E-state index contributed by atoms with van der Waals surface area (Å²) in [6, 6.07) is 20.1. The fraction of sp³-hybridized carbons (Fsp3) is 0.192. The number of nitrogens with one attached hydrogen (secondary N) is 3. The molecule has 1 saturated carbocycles. The lowest BCUT2D eigenvalue weighted by Gasteiger charge is -2.19. The van der Waals surface area contributed by atoms with Crippen LogP contribution in [0.1, 0.15) is 39.1 Å². The van der Waals surface area contributed by atoms with Crippen molar-refractivity contribution in [2.45, 2.75) is 31.3 Å². The van der Waals surface area contributed by atoms with Gasteiger partial charge in [-0.05, 0) is 60.9 Å². The third-order valence-electron chi connectivity index (χ3n) is 5.36. The number of carbonyl (C=O) groups is 3. The number of carbonyl (C=O) groups excluding carboxylic acids is 3. The van der Waals surface area contributed by atoms with Crippen molar-refractivity contribution in [1.29, 1.82) is 0 Å². The van der Waals surface area contributed by atoms with E-state index in [-0.39, 0.29) is 23.8 Å². The van der Waals surface area contributed by atoms with Gasteiger partial charge in [0, 0.05) is 39.3 Å². The first-order valence-corrected chi connectivity index (χ1v) is 11.7. The van der Waals surface area contributed by atoms with E-state index in [4.69, 9.17) is 23.2 Å². The first kappa shape index (κ1) is 23.8. The van der Waals surface area contributed by atoms with Crippen LogP contribution in [0.2, 0.25) is 10.0 Å². The Hall–Kier alpha value is -3.35. The summed E-state index contributed by atoms with van der Waals surface area (Å²) in [6.45, 7) is 0. The van der Waals surface area contributed by atoms with Gasteiger partial charge in [0.15, 0.2) is 0 Å².